The highest BCUT2D eigenvalue weighted by molar-refractivity contribution is 6.38. The number of hydrogen-bond donors (Lipinski definition) is 2. The van der Waals surface area contributed by atoms with E-state index in [9.17, 15) is 9.59 Å². The van der Waals surface area contributed by atoms with E-state index in [1.54, 1.807) is 18.2 Å². The molecule has 1 unspecified atom stereocenters. The van der Waals surface area contributed by atoms with E-state index in [0.29, 0.717) is 15.6 Å². The van der Waals surface area contributed by atoms with E-state index in [-0.39, 0.29) is 18.8 Å². The molecular formula is C12H11Cl2N5O3. The normalized spacial score (nSPS) is 12.1. The van der Waals surface area contributed by atoms with Crippen LogP contribution in [0.15, 0.2) is 18.2 Å². The summed E-state index contributed by atoms with van der Waals surface area (Å²) >= 11 is 12.2. The van der Waals surface area contributed by atoms with Gasteiger partial charge in [0.2, 0.25) is 0 Å². The second kappa shape index (κ2) is 6.82. The number of rotatable bonds is 6. The highest BCUT2D eigenvalue weighted by Crippen LogP contribution is 2.32. The number of carboxylic acid groups (broad SMARTS) is 1. The highest BCUT2D eigenvalue weighted by Gasteiger charge is 2.20. The van der Waals surface area contributed by atoms with E-state index >= 15 is 0 Å². The summed E-state index contributed by atoms with van der Waals surface area (Å²) in [6, 6.07) is 3.63. The van der Waals surface area contributed by atoms with Crippen LogP contribution >= 0.6 is 23.2 Å². The number of carbonyl (C=O) groups is 2. The van der Waals surface area contributed by atoms with E-state index in [4.69, 9.17) is 34.0 Å². The minimum absolute atomic E-state index is 0.216. The molecule has 0 amide bonds. The SMILES string of the molecule is NC(CC(=O)Cn1nnnc1-c1c(Cl)cccc1Cl)C(=O)O. The van der Waals surface area contributed by atoms with Crippen molar-refractivity contribution >= 4 is 35.0 Å². The van der Waals surface area contributed by atoms with Crippen molar-refractivity contribution in [2.24, 2.45) is 5.73 Å². The molecule has 0 aliphatic rings. The van der Waals surface area contributed by atoms with Crippen molar-refractivity contribution < 1.29 is 14.7 Å². The number of benzene rings is 1. The number of nitrogens with zero attached hydrogens (tertiary/aromatic N) is 4. The van der Waals surface area contributed by atoms with E-state index in [1.165, 1.54) is 4.68 Å². The fourth-order valence-corrected chi connectivity index (χ4v) is 2.33. The molecule has 2 aromatic rings. The van der Waals surface area contributed by atoms with Crippen molar-refractivity contribution in [3.05, 3.63) is 28.2 Å². The number of halogens is 2. The molecular weight excluding hydrogens is 333 g/mol. The highest BCUT2D eigenvalue weighted by atomic mass is 35.5. The van der Waals surface area contributed by atoms with Gasteiger partial charge in [0.25, 0.3) is 0 Å². The second-order valence-corrected chi connectivity index (χ2v) is 5.26. The molecule has 0 aliphatic carbocycles. The summed E-state index contributed by atoms with van der Waals surface area (Å²) < 4.78 is 1.20. The minimum Gasteiger partial charge on any atom is -0.480 e. The molecule has 1 aromatic heterocycles. The zero-order valence-corrected chi connectivity index (χ0v) is 12.6. The minimum atomic E-state index is -1.27. The van der Waals surface area contributed by atoms with Crippen LogP contribution in [0.25, 0.3) is 11.4 Å². The van der Waals surface area contributed by atoms with Crippen molar-refractivity contribution in [1.29, 1.82) is 0 Å². The van der Waals surface area contributed by atoms with Gasteiger partial charge in [-0.2, -0.15) is 0 Å². The van der Waals surface area contributed by atoms with Crippen LogP contribution in [0.1, 0.15) is 6.42 Å². The maximum Gasteiger partial charge on any atom is 0.320 e. The van der Waals surface area contributed by atoms with Crippen molar-refractivity contribution in [3.8, 4) is 11.4 Å². The molecule has 0 bridgehead atoms. The third kappa shape index (κ3) is 3.59. The van der Waals surface area contributed by atoms with E-state index in [2.05, 4.69) is 15.5 Å². The molecule has 0 radical (unpaired) electrons. The van der Waals surface area contributed by atoms with Crippen LogP contribution < -0.4 is 5.73 Å². The van der Waals surface area contributed by atoms with Gasteiger partial charge in [-0.15, -0.1) is 5.10 Å². The topological polar surface area (TPSA) is 124 Å². The van der Waals surface area contributed by atoms with Crippen LogP contribution in [0.5, 0.6) is 0 Å². The molecule has 0 saturated carbocycles. The van der Waals surface area contributed by atoms with Gasteiger partial charge in [0, 0.05) is 6.42 Å². The van der Waals surface area contributed by atoms with Crippen LogP contribution in [0.3, 0.4) is 0 Å². The number of aliphatic carboxylic acids is 1. The van der Waals surface area contributed by atoms with Gasteiger partial charge in [-0.25, -0.2) is 4.68 Å². The van der Waals surface area contributed by atoms with Gasteiger partial charge < -0.3 is 10.8 Å². The maximum atomic E-state index is 11.9. The Labute approximate surface area is 134 Å². The molecule has 0 spiro atoms. The molecule has 1 atom stereocenters. The Morgan fingerprint density at radius 3 is 2.55 bits per heavy atom. The summed E-state index contributed by atoms with van der Waals surface area (Å²) in [6.07, 6.45) is -0.328. The molecule has 0 aliphatic heterocycles. The summed E-state index contributed by atoms with van der Waals surface area (Å²) in [5, 5.41) is 20.4. The third-order valence-electron chi connectivity index (χ3n) is 2.81. The van der Waals surface area contributed by atoms with Crippen LogP contribution in [-0.2, 0) is 16.1 Å². The Balaban J connectivity index is 2.24. The number of nitrogens with two attached hydrogens (primary N) is 1. The first-order valence-corrected chi connectivity index (χ1v) is 6.86. The lowest BCUT2D eigenvalue weighted by Gasteiger charge is -2.08. The van der Waals surface area contributed by atoms with Crippen molar-refractivity contribution in [1.82, 2.24) is 20.2 Å². The average molecular weight is 344 g/mol. The molecule has 2 rings (SSSR count). The Morgan fingerprint density at radius 1 is 1.32 bits per heavy atom. The summed E-state index contributed by atoms with van der Waals surface area (Å²) in [7, 11) is 0. The van der Waals surface area contributed by atoms with Crippen LogP contribution in [-0.4, -0.2) is 43.1 Å². The van der Waals surface area contributed by atoms with Gasteiger partial charge in [0.1, 0.15) is 12.6 Å². The molecule has 1 heterocycles. The number of tetrazole rings is 1. The predicted octanol–water partition coefficient (Wildman–Crippen LogP) is 1.02. The summed E-state index contributed by atoms with van der Waals surface area (Å²) in [5.74, 6) is -1.46. The second-order valence-electron chi connectivity index (χ2n) is 4.44. The number of aromatic nitrogens is 4. The van der Waals surface area contributed by atoms with E-state index < -0.39 is 17.8 Å². The zero-order chi connectivity index (χ0) is 16.3. The summed E-state index contributed by atoms with van der Waals surface area (Å²) in [4.78, 5) is 22.5. The molecule has 3 N–H and O–H groups in total. The molecule has 1 aromatic carbocycles. The van der Waals surface area contributed by atoms with Gasteiger partial charge in [-0.05, 0) is 22.6 Å². The molecule has 22 heavy (non-hydrogen) atoms. The monoisotopic (exact) mass is 343 g/mol. The van der Waals surface area contributed by atoms with Crippen LogP contribution in [0.4, 0.5) is 0 Å². The molecule has 8 nitrogen and oxygen atoms in total. The van der Waals surface area contributed by atoms with Gasteiger partial charge in [-0.3, -0.25) is 9.59 Å². The lowest BCUT2D eigenvalue weighted by Crippen LogP contribution is -2.33. The first-order chi connectivity index (χ1) is 10.4. The quantitative estimate of drug-likeness (QED) is 0.801. The predicted molar refractivity (Wildman–Crippen MR) is 78.5 cm³/mol. The molecule has 116 valence electrons. The lowest BCUT2D eigenvalue weighted by atomic mass is 10.1. The number of hydrogen-bond acceptors (Lipinski definition) is 6. The number of Topliss-reactive ketones (excluding diaryl/α,β-unsaturated/α-hetero) is 1. The Morgan fingerprint density at radius 2 is 1.95 bits per heavy atom. The standard InChI is InChI=1S/C12H11Cl2N5O3/c13-7-2-1-3-8(14)10(7)11-16-17-18-19(11)5-6(20)4-9(15)12(21)22/h1-3,9H,4-5,15H2,(H,21,22). The van der Waals surface area contributed by atoms with Crippen molar-refractivity contribution in [2.45, 2.75) is 19.0 Å². The van der Waals surface area contributed by atoms with Gasteiger partial charge in [0.05, 0.1) is 15.6 Å². The molecule has 0 saturated heterocycles. The largest absolute Gasteiger partial charge is 0.480 e. The fraction of sp³-hybridized carbons (Fsp3) is 0.250. The Kier molecular flexibility index (Phi) is 5.07. The fourth-order valence-electron chi connectivity index (χ4n) is 1.77. The number of ketones is 1. The van der Waals surface area contributed by atoms with Gasteiger partial charge in [-0.1, -0.05) is 29.3 Å². The van der Waals surface area contributed by atoms with Crippen LogP contribution in [0.2, 0.25) is 10.0 Å². The maximum absolute atomic E-state index is 11.9. The summed E-state index contributed by atoms with van der Waals surface area (Å²) in [5.41, 5.74) is 5.71. The van der Waals surface area contributed by atoms with Gasteiger partial charge >= 0.3 is 5.97 Å². The average Bonchev–Trinajstić information content (AvgIpc) is 2.86. The smallest absolute Gasteiger partial charge is 0.320 e. The van der Waals surface area contributed by atoms with Crippen LogP contribution in [0, 0.1) is 0 Å². The Hall–Kier alpha value is -2.03. The third-order valence-corrected chi connectivity index (χ3v) is 3.44. The zero-order valence-electron chi connectivity index (χ0n) is 11.1. The first kappa shape index (κ1) is 16.3. The molecule has 0 fully saturated rings. The molecule has 10 heteroatoms. The lowest BCUT2D eigenvalue weighted by molar-refractivity contribution is -0.140. The first-order valence-electron chi connectivity index (χ1n) is 6.10. The Bertz CT molecular complexity index is 698. The van der Waals surface area contributed by atoms with Crippen molar-refractivity contribution in [3.63, 3.8) is 0 Å². The summed E-state index contributed by atoms with van der Waals surface area (Å²) in [6.45, 7) is -0.231. The van der Waals surface area contributed by atoms with E-state index in [0.717, 1.165) is 0 Å². The number of carbonyl (C=O) groups excluding carboxylic acids is 1. The van der Waals surface area contributed by atoms with Gasteiger partial charge in [0.15, 0.2) is 11.6 Å². The number of carboxylic acids is 1. The van der Waals surface area contributed by atoms with Crippen molar-refractivity contribution in [2.75, 3.05) is 0 Å². The van der Waals surface area contributed by atoms with E-state index in [1.807, 2.05) is 0 Å².